The summed E-state index contributed by atoms with van der Waals surface area (Å²) >= 11 is 0. The van der Waals surface area contributed by atoms with E-state index >= 15 is 0 Å². The minimum absolute atomic E-state index is 0.130. The van der Waals surface area contributed by atoms with E-state index in [9.17, 15) is 23.3 Å². The van der Waals surface area contributed by atoms with Crippen LogP contribution in [-0.4, -0.2) is 25.9 Å². The maximum Gasteiger partial charge on any atom is 0.307 e. The molecule has 0 heterocycles. The normalized spacial score (nSPS) is 12.4. The highest BCUT2D eigenvalue weighted by molar-refractivity contribution is 7.89. The van der Waals surface area contributed by atoms with E-state index < -0.39 is 27.0 Å². The number of nitro groups is 1. The van der Waals surface area contributed by atoms with Gasteiger partial charge >= 0.3 is 5.97 Å². The molecule has 2 rings (SSSR count). The molecule has 0 amide bonds. The molecular formula is C18H20N2O6S. The van der Waals surface area contributed by atoms with Crippen LogP contribution in [0.3, 0.4) is 0 Å². The maximum atomic E-state index is 12.7. The average Bonchev–Trinajstić information content (AvgIpc) is 2.62. The molecule has 0 saturated heterocycles. The second-order valence-electron chi connectivity index (χ2n) is 5.84. The number of benzene rings is 2. The van der Waals surface area contributed by atoms with Gasteiger partial charge in [0.05, 0.1) is 28.9 Å². The SMILES string of the molecule is CCOC(=O)CC(NS(=O)(=O)c1ccc([N+](=O)[O-])cc1)c1ccc(C)cc1. The molecule has 0 spiro atoms. The minimum Gasteiger partial charge on any atom is -0.466 e. The summed E-state index contributed by atoms with van der Waals surface area (Å²) in [5.74, 6) is -0.533. The Morgan fingerprint density at radius 3 is 2.26 bits per heavy atom. The Morgan fingerprint density at radius 2 is 1.74 bits per heavy atom. The summed E-state index contributed by atoms with van der Waals surface area (Å²) in [5, 5.41) is 10.7. The number of aryl methyl sites for hydroxylation is 1. The Kier molecular flexibility index (Phi) is 6.65. The third kappa shape index (κ3) is 5.60. The lowest BCUT2D eigenvalue weighted by Gasteiger charge is -2.19. The molecule has 0 fully saturated rings. The zero-order chi connectivity index (χ0) is 20.0. The van der Waals surface area contributed by atoms with Crippen molar-refractivity contribution in [2.75, 3.05) is 6.61 Å². The van der Waals surface area contributed by atoms with Gasteiger partial charge in [-0.15, -0.1) is 0 Å². The first-order chi connectivity index (χ1) is 12.7. The quantitative estimate of drug-likeness (QED) is 0.419. The van der Waals surface area contributed by atoms with Crippen molar-refractivity contribution in [3.8, 4) is 0 Å². The van der Waals surface area contributed by atoms with Gasteiger partial charge in [-0.2, -0.15) is 0 Å². The second kappa shape index (κ2) is 8.74. The number of hydrogen-bond acceptors (Lipinski definition) is 6. The lowest BCUT2D eigenvalue weighted by molar-refractivity contribution is -0.384. The molecule has 0 radical (unpaired) electrons. The lowest BCUT2D eigenvalue weighted by Crippen LogP contribution is -2.30. The molecule has 1 N–H and O–H groups in total. The Bertz CT molecular complexity index is 908. The van der Waals surface area contributed by atoms with Gasteiger partial charge in [0.2, 0.25) is 10.0 Å². The monoisotopic (exact) mass is 392 g/mol. The molecular weight excluding hydrogens is 372 g/mol. The average molecular weight is 392 g/mol. The van der Waals surface area contributed by atoms with Crippen LogP contribution < -0.4 is 4.72 Å². The summed E-state index contributed by atoms with van der Waals surface area (Å²) < 4.78 is 32.8. The van der Waals surface area contributed by atoms with Crippen LogP contribution in [0.4, 0.5) is 5.69 Å². The standard InChI is InChI=1S/C18H20N2O6S/c1-3-26-18(21)12-17(14-6-4-13(2)5-7-14)19-27(24,25)16-10-8-15(9-11-16)20(22)23/h4-11,17,19H,3,12H2,1-2H3. The summed E-state index contributed by atoms with van der Waals surface area (Å²) in [6.07, 6.45) is -0.177. The van der Waals surface area contributed by atoms with E-state index in [1.54, 1.807) is 19.1 Å². The van der Waals surface area contributed by atoms with E-state index in [1.807, 2.05) is 19.1 Å². The fraction of sp³-hybridized carbons (Fsp3) is 0.278. The molecule has 1 atom stereocenters. The topological polar surface area (TPSA) is 116 Å². The van der Waals surface area contributed by atoms with Gasteiger partial charge < -0.3 is 4.74 Å². The van der Waals surface area contributed by atoms with Crippen LogP contribution in [-0.2, 0) is 19.6 Å². The van der Waals surface area contributed by atoms with E-state index in [-0.39, 0.29) is 23.6 Å². The van der Waals surface area contributed by atoms with Crippen molar-refractivity contribution in [2.24, 2.45) is 0 Å². The van der Waals surface area contributed by atoms with Crippen LogP contribution in [0.5, 0.6) is 0 Å². The van der Waals surface area contributed by atoms with Crippen molar-refractivity contribution in [1.82, 2.24) is 4.72 Å². The molecule has 1 unspecified atom stereocenters. The van der Waals surface area contributed by atoms with E-state index in [1.165, 1.54) is 0 Å². The van der Waals surface area contributed by atoms with Crippen LogP contribution in [0.15, 0.2) is 53.4 Å². The number of hydrogen-bond donors (Lipinski definition) is 1. The first-order valence-electron chi connectivity index (χ1n) is 8.22. The Labute approximate surface area is 157 Å². The Morgan fingerprint density at radius 1 is 1.15 bits per heavy atom. The molecule has 0 aliphatic carbocycles. The number of rotatable bonds is 8. The first kappa shape index (κ1) is 20.5. The van der Waals surface area contributed by atoms with Crippen LogP contribution >= 0.6 is 0 Å². The predicted molar refractivity (Wildman–Crippen MR) is 98.6 cm³/mol. The van der Waals surface area contributed by atoms with Gasteiger partial charge in [0.15, 0.2) is 0 Å². The molecule has 144 valence electrons. The van der Waals surface area contributed by atoms with Crippen LogP contribution in [0.25, 0.3) is 0 Å². The molecule has 0 aliphatic rings. The van der Waals surface area contributed by atoms with Crippen molar-refractivity contribution >= 4 is 21.7 Å². The Hall–Kier alpha value is -2.78. The highest BCUT2D eigenvalue weighted by Crippen LogP contribution is 2.23. The van der Waals surface area contributed by atoms with Gasteiger partial charge in [-0.25, -0.2) is 13.1 Å². The van der Waals surface area contributed by atoms with Gasteiger partial charge in [-0.05, 0) is 31.5 Å². The van der Waals surface area contributed by atoms with Gasteiger partial charge in [-0.1, -0.05) is 29.8 Å². The van der Waals surface area contributed by atoms with Crippen LogP contribution in [0, 0.1) is 17.0 Å². The minimum atomic E-state index is -4.00. The van der Waals surface area contributed by atoms with Crippen molar-refractivity contribution in [3.63, 3.8) is 0 Å². The van der Waals surface area contributed by atoms with E-state index in [2.05, 4.69) is 4.72 Å². The Balaban J connectivity index is 2.30. The fourth-order valence-corrected chi connectivity index (χ4v) is 3.64. The third-order valence-electron chi connectivity index (χ3n) is 3.81. The molecule has 0 bridgehead atoms. The number of nitro benzene ring substituents is 1. The number of carbonyl (C=O) groups is 1. The molecule has 27 heavy (non-hydrogen) atoms. The van der Waals surface area contributed by atoms with Crippen LogP contribution in [0.1, 0.15) is 30.5 Å². The predicted octanol–water partition coefficient (Wildman–Crippen LogP) is 2.88. The van der Waals surface area contributed by atoms with Crippen molar-refractivity contribution in [2.45, 2.75) is 31.2 Å². The number of nitrogens with one attached hydrogen (secondary N) is 1. The lowest BCUT2D eigenvalue weighted by atomic mass is 10.0. The molecule has 8 nitrogen and oxygen atoms in total. The summed E-state index contributed by atoms with van der Waals surface area (Å²) in [5.41, 5.74) is 1.39. The first-order valence-corrected chi connectivity index (χ1v) is 9.70. The summed E-state index contributed by atoms with van der Waals surface area (Å²) in [6.45, 7) is 3.75. The fourth-order valence-electron chi connectivity index (χ4n) is 2.42. The van der Waals surface area contributed by atoms with Crippen LogP contribution in [0.2, 0.25) is 0 Å². The molecule has 2 aromatic carbocycles. The highest BCUT2D eigenvalue weighted by Gasteiger charge is 2.24. The van der Waals surface area contributed by atoms with Gasteiger partial charge in [-0.3, -0.25) is 14.9 Å². The molecule has 0 aromatic heterocycles. The molecule has 0 saturated carbocycles. The zero-order valence-corrected chi connectivity index (χ0v) is 15.7. The van der Waals surface area contributed by atoms with E-state index in [0.29, 0.717) is 5.56 Å². The number of sulfonamides is 1. The van der Waals surface area contributed by atoms with Gasteiger partial charge in [0, 0.05) is 12.1 Å². The number of ether oxygens (including phenoxy) is 1. The van der Waals surface area contributed by atoms with Crippen molar-refractivity contribution < 1.29 is 22.9 Å². The maximum absolute atomic E-state index is 12.7. The second-order valence-corrected chi connectivity index (χ2v) is 7.56. The molecule has 9 heteroatoms. The van der Waals surface area contributed by atoms with Gasteiger partial charge in [0.1, 0.15) is 0 Å². The van der Waals surface area contributed by atoms with Crippen molar-refractivity contribution in [3.05, 3.63) is 69.8 Å². The number of esters is 1. The molecule has 0 aliphatic heterocycles. The summed E-state index contributed by atoms with van der Waals surface area (Å²) in [4.78, 5) is 21.9. The number of carbonyl (C=O) groups excluding carboxylic acids is 1. The van der Waals surface area contributed by atoms with Gasteiger partial charge in [0.25, 0.3) is 5.69 Å². The van der Waals surface area contributed by atoms with E-state index in [4.69, 9.17) is 4.74 Å². The third-order valence-corrected chi connectivity index (χ3v) is 5.30. The smallest absolute Gasteiger partial charge is 0.307 e. The largest absolute Gasteiger partial charge is 0.466 e. The number of non-ortho nitro benzene ring substituents is 1. The highest BCUT2D eigenvalue weighted by atomic mass is 32.2. The molecule has 2 aromatic rings. The van der Waals surface area contributed by atoms with E-state index in [0.717, 1.165) is 29.8 Å². The number of nitrogens with zero attached hydrogens (tertiary/aromatic N) is 1. The summed E-state index contributed by atoms with van der Waals surface area (Å²) in [6, 6.07) is 10.8. The zero-order valence-electron chi connectivity index (χ0n) is 14.9. The van der Waals surface area contributed by atoms with Crippen molar-refractivity contribution in [1.29, 1.82) is 0 Å². The summed E-state index contributed by atoms with van der Waals surface area (Å²) in [7, 11) is -4.00.